The van der Waals surface area contributed by atoms with Crippen molar-refractivity contribution in [1.82, 2.24) is 5.32 Å². The van der Waals surface area contributed by atoms with E-state index in [-0.39, 0.29) is 18.3 Å². The fraction of sp³-hybridized carbons (Fsp3) is 0.500. The number of carbonyl (C=O) groups is 1. The molecule has 0 radical (unpaired) electrons. The third kappa shape index (κ3) is 3.53. The first-order chi connectivity index (χ1) is 8.41. The summed E-state index contributed by atoms with van der Waals surface area (Å²) in [5.41, 5.74) is 0.392. The van der Waals surface area contributed by atoms with E-state index in [2.05, 4.69) is 5.32 Å². The highest BCUT2D eigenvalue weighted by Gasteiger charge is 2.25. The molecule has 0 saturated heterocycles. The van der Waals surface area contributed by atoms with Crippen LogP contribution in [0.4, 0.5) is 4.39 Å². The van der Waals surface area contributed by atoms with E-state index in [1.807, 2.05) is 6.92 Å². The highest BCUT2D eigenvalue weighted by atomic mass is 19.1. The number of halogens is 1. The number of carbonyl (C=O) groups excluding carboxylic acids is 1. The van der Waals surface area contributed by atoms with Gasteiger partial charge in [-0.3, -0.25) is 4.79 Å². The first-order valence-electron chi connectivity index (χ1n) is 6.11. The van der Waals surface area contributed by atoms with Crippen LogP contribution >= 0.6 is 0 Å². The minimum absolute atomic E-state index is 0.118. The number of aryl methyl sites for hydroxylation is 1. The van der Waals surface area contributed by atoms with Gasteiger partial charge in [-0.1, -0.05) is 13.3 Å². The minimum atomic E-state index is -0.632. The molecule has 1 rings (SSSR count). The fourth-order valence-electron chi connectivity index (χ4n) is 1.96. The van der Waals surface area contributed by atoms with Gasteiger partial charge in [0, 0.05) is 5.56 Å². The number of amides is 1. The molecule has 0 aliphatic heterocycles. The Balaban J connectivity index is 2.87. The molecule has 1 unspecified atom stereocenters. The van der Waals surface area contributed by atoms with E-state index in [1.54, 1.807) is 13.8 Å². The van der Waals surface area contributed by atoms with E-state index in [1.165, 1.54) is 18.2 Å². The van der Waals surface area contributed by atoms with Gasteiger partial charge >= 0.3 is 0 Å². The van der Waals surface area contributed by atoms with Gasteiger partial charge in [0.1, 0.15) is 5.82 Å². The van der Waals surface area contributed by atoms with Crippen LogP contribution in [-0.2, 0) is 0 Å². The summed E-state index contributed by atoms with van der Waals surface area (Å²) < 4.78 is 13.0. The zero-order chi connectivity index (χ0) is 13.8. The van der Waals surface area contributed by atoms with Crippen LogP contribution in [0.1, 0.15) is 42.6 Å². The van der Waals surface area contributed by atoms with E-state index in [0.717, 1.165) is 6.42 Å². The summed E-state index contributed by atoms with van der Waals surface area (Å²) >= 11 is 0. The van der Waals surface area contributed by atoms with Gasteiger partial charge in [-0.25, -0.2) is 4.39 Å². The summed E-state index contributed by atoms with van der Waals surface area (Å²) in [5, 5.41) is 12.2. The normalized spacial score (nSPS) is 14.1. The predicted molar refractivity (Wildman–Crippen MR) is 69.0 cm³/mol. The van der Waals surface area contributed by atoms with Gasteiger partial charge in [0.15, 0.2) is 0 Å². The topological polar surface area (TPSA) is 49.3 Å². The number of hydrogen-bond acceptors (Lipinski definition) is 2. The summed E-state index contributed by atoms with van der Waals surface area (Å²) in [6.07, 6.45) is 1.55. The minimum Gasteiger partial charge on any atom is -0.394 e. The van der Waals surface area contributed by atoms with Gasteiger partial charge in [-0.2, -0.15) is 0 Å². The molecule has 0 saturated carbocycles. The number of hydrogen-bond donors (Lipinski definition) is 2. The van der Waals surface area contributed by atoms with Crippen LogP contribution < -0.4 is 5.32 Å². The molecular formula is C14H20FNO2. The maximum atomic E-state index is 13.0. The highest BCUT2D eigenvalue weighted by Crippen LogP contribution is 2.15. The van der Waals surface area contributed by atoms with Crippen LogP contribution in [-0.4, -0.2) is 23.2 Å². The van der Waals surface area contributed by atoms with Crippen LogP contribution in [0.5, 0.6) is 0 Å². The quantitative estimate of drug-likeness (QED) is 0.846. The maximum absolute atomic E-state index is 13.0. The molecule has 0 aliphatic carbocycles. The van der Waals surface area contributed by atoms with Crippen molar-refractivity contribution in [2.75, 3.05) is 6.61 Å². The van der Waals surface area contributed by atoms with E-state index >= 15 is 0 Å². The molecule has 0 aliphatic rings. The molecular weight excluding hydrogens is 233 g/mol. The van der Waals surface area contributed by atoms with Crippen LogP contribution in [0.15, 0.2) is 18.2 Å². The largest absolute Gasteiger partial charge is 0.394 e. The van der Waals surface area contributed by atoms with Gasteiger partial charge in [0.2, 0.25) is 0 Å². The maximum Gasteiger partial charge on any atom is 0.252 e. The van der Waals surface area contributed by atoms with Gasteiger partial charge in [-0.15, -0.1) is 0 Å². The Kier molecular flexibility index (Phi) is 4.84. The molecule has 1 aromatic rings. The summed E-state index contributed by atoms with van der Waals surface area (Å²) in [4.78, 5) is 12.1. The SMILES string of the molecule is CCCC(C)(CO)NC(=O)c1ccc(F)cc1C. The van der Waals surface area contributed by atoms with Gasteiger partial charge in [0.05, 0.1) is 12.1 Å². The monoisotopic (exact) mass is 253 g/mol. The lowest BCUT2D eigenvalue weighted by atomic mass is 9.96. The Hall–Kier alpha value is -1.42. The molecule has 0 bridgehead atoms. The van der Waals surface area contributed by atoms with E-state index < -0.39 is 5.54 Å². The second-order valence-electron chi connectivity index (χ2n) is 4.88. The molecule has 18 heavy (non-hydrogen) atoms. The predicted octanol–water partition coefficient (Wildman–Crippen LogP) is 2.42. The average molecular weight is 253 g/mol. The van der Waals surface area contributed by atoms with Gasteiger partial charge in [0.25, 0.3) is 5.91 Å². The Labute approximate surface area is 107 Å². The summed E-state index contributed by atoms with van der Waals surface area (Å²) in [5.74, 6) is -0.639. The van der Waals surface area contributed by atoms with Crippen LogP contribution in [0, 0.1) is 12.7 Å². The van der Waals surface area contributed by atoms with Crippen LogP contribution in [0.2, 0.25) is 0 Å². The van der Waals surface area contributed by atoms with Crippen molar-refractivity contribution < 1.29 is 14.3 Å². The zero-order valence-corrected chi connectivity index (χ0v) is 11.1. The molecule has 0 fully saturated rings. The Bertz CT molecular complexity index is 434. The van der Waals surface area contributed by atoms with E-state index in [4.69, 9.17) is 0 Å². The molecule has 0 aromatic heterocycles. The number of benzene rings is 1. The van der Waals surface area contributed by atoms with E-state index in [9.17, 15) is 14.3 Å². The fourth-order valence-corrected chi connectivity index (χ4v) is 1.96. The molecule has 0 heterocycles. The third-order valence-electron chi connectivity index (χ3n) is 3.00. The number of aliphatic hydroxyl groups is 1. The summed E-state index contributed by atoms with van der Waals surface area (Å²) in [6, 6.07) is 4.05. The molecule has 3 nitrogen and oxygen atoms in total. The summed E-state index contributed by atoms with van der Waals surface area (Å²) in [7, 11) is 0. The van der Waals surface area contributed by atoms with E-state index in [0.29, 0.717) is 17.5 Å². The second kappa shape index (κ2) is 5.96. The first kappa shape index (κ1) is 14.6. The van der Waals surface area contributed by atoms with Crippen LogP contribution in [0.3, 0.4) is 0 Å². The van der Waals surface area contributed by atoms with Crippen molar-refractivity contribution in [2.24, 2.45) is 0 Å². The Morgan fingerprint density at radius 2 is 2.17 bits per heavy atom. The van der Waals surface area contributed by atoms with Crippen molar-refractivity contribution in [3.8, 4) is 0 Å². The second-order valence-corrected chi connectivity index (χ2v) is 4.88. The molecule has 1 aromatic carbocycles. The zero-order valence-electron chi connectivity index (χ0n) is 11.1. The smallest absolute Gasteiger partial charge is 0.252 e. The molecule has 1 atom stereocenters. The number of rotatable bonds is 5. The van der Waals surface area contributed by atoms with Gasteiger partial charge in [-0.05, 0) is 44.0 Å². The van der Waals surface area contributed by atoms with Crippen molar-refractivity contribution >= 4 is 5.91 Å². The van der Waals surface area contributed by atoms with Crippen molar-refractivity contribution in [3.63, 3.8) is 0 Å². The van der Waals surface area contributed by atoms with Crippen molar-refractivity contribution in [2.45, 2.75) is 39.2 Å². The van der Waals surface area contributed by atoms with Gasteiger partial charge < -0.3 is 10.4 Å². The lowest BCUT2D eigenvalue weighted by Gasteiger charge is -2.28. The van der Waals surface area contributed by atoms with Crippen LogP contribution in [0.25, 0.3) is 0 Å². The number of aliphatic hydroxyl groups excluding tert-OH is 1. The highest BCUT2D eigenvalue weighted by molar-refractivity contribution is 5.96. The number of nitrogens with one attached hydrogen (secondary N) is 1. The molecule has 2 N–H and O–H groups in total. The average Bonchev–Trinajstić information content (AvgIpc) is 2.28. The Morgan fingerprint density at radius 3 is 2.67 bits per heavy atom. The standard InChI is InChI=1S/C14H20FNO2/c1-4-7-14(3,9-17)16-13(18)12-6-5-11(15)8-10(12)2/h5-6,8,17H,4,7,9H2,1-3H3,(H,16,18). The first-order valence-corrected chi connectivity index (χ1v) is 6.11. The summed E-state index contributed by atoms with van der Waals surface area (Å²) in [6.45, 7) is 5.36. The Morgan fingerprint density at radius 1 is 1.50 bits per heavy atom. The lowest BCUT2D eigenvalue weighted by molar-refractivity contribution is 0.0840. The van der Waals surface area contributed by atoms with Crippen molar-refractivity contribution in [1.29, 1.82) is 0 Å². The lowest BCUT2D eigenvalue weighted by Crippen LogP contribution is -2.49. The molecule has 0 spiro atoms. The molecule has 100 valence electrons. The molecule has 4 heteroatoms. The van der Waals surface area contributed by atoms with Crippen molar-refractivity contribution in [3.05, 3.63) is 35.1 Å². The molecule has 1 amide bonds. The third-order valence-corrected chi connectivity index (χ3v) is 3.00.